The van der Waals surface area contributed by atoms with Crippen LogP contribution in [0.1, 0.15) is 84.1 Å². The van der Waals surface area contributed by atoms with Gasteiger partial charge >= 0.3 is 0 Å². The number of unbranched alkanes of at least 4 members (excludes halogenated alkanes) is 3. The van der Waals surface area contributed by atoms with E-state index in [4.69, 9.17) is 4.74 Å². The van der Waals surface area contributed by atoms with Crippen LogP contribution in [0, 0.1) is 0 Å². The summed E-state index contributed by atoms with van der Waals surface area (Å²) in [6.45, 7) is 6.85. The first-order valence-electron chi connectivity index (χ1n) is 9.00. The Labute approximate surface area is 131 Å². The van der Waals surface area contributed by atoms with Gasteiger partial charge in [0.25, 0.3) is 0 Å². The van der Waals surface area contributed by atoms with Crippen LogP contribution >= 0.6 is 0 Å². The van der Waals surface area contributed by atoms with Crippen molar-refractivity contribution in [1.29, 1.82) is 0 Å². The van der Waals surface area contributed by atoms with Crippen LogP contribution in [0.15, 0.2) is 30.3 Å². The largest absolute Gasteiger partial charge is 0.357 e. The molecule has 0 amide bonds. The molecule has 118 valence electrons. The van der Waals surface area contributed by atoms with Gasteiger partial charge in [-0.3, -0.25) is 0 Å². The van der Waals surface area contributed by atoms with E-state index in [-0.39, 0.29) is 11.2 Å². The fourth-order valence-electron chi connectivity index (χ4n) is 3.74. The number of rotatable bonds is 10. The second kappa shape index (κ2) is 7.45. The third kappa shape index (κ3) is 3.34. The average molecular weight is 288 g/mol. The van der Waals surface area contributed by atoms with Crippen LogP contribution < -0.4 is 0 Å². The second-order valence-corrected chi connectivity index (χ2v) is 6.60. The molecule has 1 aliphatic heterocycles. The minimum atomic E-state index is 0.00854. The van der Waals surface area contributed by atoms with E-state index in [9.17, 15) is 0 Å². The van der Waals surface area contributed by atoms with Crippen molar-refractivity contribution in [1.82, 2.24) is 0 Å². The molecule has 21 heavy (non-hydrogen) atoms. The maximum absolute atomic E-state index is 6.58. The molecule has 0 aliphatic carbocycles. The van der Waals surface area contributed by atoms with Gasteiger partial charge in [0, 0.05) is 0 Å². The molecular formula is C20H32O. The van der Waals surface area contributed by atoms with Crippen LogP contribution in [0.25, 0.3) is 0 Å². The van der Waals surface area contributed by atoms with Crippen molar-refractivity contribution in [2.24, 2.45) is 0 Å². The van der Waals surface area contributed by atoms with Gasteiger partial charge in [-0.15, -0.1) is 0 Å². The predicted octanol–water partition coefficient (Wildman–Crippen LogP) is 6.22. The number of hydrogen-bond acceptors (Lipinski definition) is 1. The quantitative estimate of drug-likeness (QED) is 0.465. The van der Waals surface area contributed by atoms with Crippen molar-refractivity contribution >= 4 is 0 Å². The van der Waals surface area contributed by atoms with Gasteiger partial charge in [0.1, 0.15) is 11.2 Å². The lowest BCUT2D eigenvalue weighted by Gasteiger charge is -2.21. The molecule has 0 N–H and O–H groups in total. The van der Waals surface area contributed by atoms with Gasteiger partial charge < -0.3 is 4.74 Å². The van der Waals surface area contributed by atoms with Crippen molar-refractivity contribution in [3.8, 4) is 0 Å². The zero-order valence-electron chi connectivity index (χ0n) is 14.2. The zero-order chi connectivity index (χ0) is 15.2. The minimum Gasteiger partial charge on any atom is -0.357 e. The van der Waals surface area contributed by atoms with Crippen LogP contribution in [-0.4, -0.2) is 5.60 Å². The molecule has 0 aromatic heterocycles. The van der Waals surface area contributed by atoms with E-state index >= 15 is 0 Å². The van der Waals surface area contributed by atoms with Gasteiger partial charge in [-0.2, -0.15) is 0 Å². The van der Waals surface area contributed by atoms with Crippen LogP contribution in [0.4, 0.5) is 0 Å². The van der Waals surface area contributed by atoms with Crippen molar-refractivity contribution in [2.75, 3.05) is 0 Å². The maximum atomic E-state index is 6.58. The Balaban J connectivity index is 2.23. The van der Waals surface area contributed by atoms with Gasteiger partial charge in [0.05, 0.1) is 0 Å². The molecule has 1 heteroatoms. The molecule has 1 aromatic rings. The minimum absolute atomic E-state index is 0.00854. The SMILES string of the molecule is CCCCC1(CCCC)OC1(CCCC)c1ccccc1. The van der Waals surface area contributed by atoms with Crippen LogP contribution in [0.5, 0.6) is 0 Å². The number of epoxide rings is 1. The molecule has 1 nitrogen and oxygen atoms in total. The summed E-state index contributed by atoms with van der Waals surface area (Å²) in [5.74, 6) is 0. The lowest BCUT2D eigenvalue weighted by molar-refractivity contribution is 0.234. The van der Waals surface area contributed by atoms with Crippen LogP contribution in [-0.2, 0) is 10.3 Å². The summed E-state index contributed by atoms with van der Waals surface area (Å²) in [5, 5.41) is 0. The van der Waals surface area contributed by atoms with E-state index in [0.717, 1.165) is 0 Å². The molecule has 1 saturated heterocycles. The highest BCUT2D eigenvalue weighted by atomic mass is 16.6. The summed E-state index contributed by atoms with van der Waals surface area (Å²) >= 11 is 0. The van der Waals surface area contributed by atoms with Gasteiger partial charge in [-0.05, 0) is 24.8 Å². The molecule has 1 aliphatic rings. The summed E-state index contributed by atoms with van der Waals surface area (Å²) in [4.78, 5) is 0. The van der Waals surface area contributed by atoms with E-state index in [2.05, 4.69) is 51.1 Å². The number of hydrogen-bond donors (Lipinski definition) is 0. The normalized spacial score (nSPS) is 23.2. The van der Waals surface area contributed by atoms with Crippen molar-refractivity contribution < 1.29 is 4.74 Å². The smallest absolute Gasteiger partial charge is 0.123 e. The summed E-state index contributed by atoms with van der Waals surface area (Å²) in [6.07, 6.45) is 11.2. The lowest BCUT2D eigenvalue weighted by atomic mass is 9.77. The molecule has 0 radical (unpaired) electrons. The standard InChI is InChI=1S/C20H32O/c1-4-7-15-19(16-8-5-2)20(21-19,17-9-6-3)18-13-11-10-12-14-18/h10-14H,4-9,15-17H2,1-3H3. The monoisotopic (exact) mass is 288 g/mol. The Morgan fingerprint density at radius 2 is 1.29 bits per heavy atom. The van der Waals surface area contributed by atoms with E-state index < -0.39 is 0 Å². The fourth-order valence-corrected chi connectivity index (χ4v) is 3.74. The summed E-state index contributed by atoms with van der Waals surface area (Å²) in [7, 11) is 0. The highest BCUT2D eigenvalue weighted by Crippen LogP contribution is 2.63. The first-order valence-corrected chi connectivity index (χ1v) is 9.00. The van der Waals surface area contributed by atoms with Crippen molar-refractivity contribution in [2.45, 2.75) is 89.8 Å². The third-order valence-electron chi connectivity index (χ3n) is 5.05. The zero-order valence-corrected chi connectivity index (χ0v) is 14.2. The average Bonchev–Trinajstić information content (AvgIpc) is 3.19. The van der Waals surface area contributed by atoms with Gasteiger partial charge in [-0.25, -0.2) is 0 Å². The molecule has 1 unspecified atom stereocenters. The van der Waals surface area contributed by atoms with Gasteiger partial charge in [0.15, 0.2) is 0 Å². The van der Waals surface area contributed by atoms with E-state index in [0.29, 0.717) is 0 Å². The Morgan fingerprint density at radius 1 is 0.762 bits per heavy atom. The number of benzene rings is 1. The Bertz CT molecular complexity index is 403. The van der Waals surface area contributed by atoms with Crippen molar-refractivity contribution in [3.05, 3.63) is 35.9 Å². The third-order valence-corrected chi connectivity index (χ3v) is 5.05. The molecule has 0 bridgehead atoms. The Hall–Kier alpha value is -0.820. The summed E-state index contributed by atoms with van der Waals surface area (Å²) in [6, 6.07) is 11.0. The number of ether oxygens (including phenoxy) is 1. The molecule has 0 saturated carbocycles. The first-order chi connectivity index (χ1) is 10.2. The lowest BCUT2D eigenvalue weighted by Crippen LogP contribution is -2.25. The second-order valence-electron chi connectivity index (χ2n) is 6.60. The van der Waals surface area contributed by atoms with E-state index in [1.807, 2.05) is 0 Å². The molecular weight excluding hydrogens is 256 g/mol. The topological polar surface area (TPSA) is 12.5 Å². The van der Waals surface area contributed by atoms with Crippen molar-refractivity contribution in [3.63, 3.8) is 0 Å². The van der Waals surface area contributed by atoms with Gasteiger partial charge in [0.2, 0.25) is 0 Å². The van der Waals surface area contributed by atoms with E-state index in [1.54, 1.807) is 0 Å². The Kier molecular flexibility index (Phi) is 5.87. The molecule has 0 spiro atoms. The molecule has 1 heterocycles. The fraction of sp³-hybridized carbons (Fsp3) is 0.700. The van der Waals surface area contributed by atoms with Crippen LogP contribution in [0.2, 0.25) is 0 Å². The highest BCUT2D eigenvalue weighted by Gasteiger charge is 2.68. The first kappa shape index (κ1) is 16.5. The molecule has 1 atom stereocenters. The predicted molar refractivity (Wildman–Crippen MR) is 90.5 cm³/mol. The van der Waals surface area contributed by atoms with Gasteiger partial charge in [-0.1, -0.05) is 89.6 Å². The summed E-state index contributed by atoms with van der Waals surface area (Å²) < 4.78 is 6.58. The van der Waals surface area contributed by atoms with E-state index in [1.165, 1.54) is 63.4 Å². The van der Waals surface area contributed by atoms with Crippen LogP contribution in [0.3, 0.4) is 0 Å². The Morgan fingerprint density at radius 3 is 1.81 bits per heavy atom. The highest BCUT2D eigenvalue weighted by molar-refractivity contribution is 5.34. The molecule has 1 fully saturated rings. The molecule has 2 rings (SSSR count). The summed E-state index contributed by atoms with van der Waals surface area (Å²) in [5.41, 5.74) is 1.54. The maximum Gasteiger partial charge on any atom is 0.123 e. The molecule has 1 aromatic carbocycles.